The van der Waals surface area contributed by atoms with E-state index in [1.54, 1.807) is 32.3 Å². The maximum Gasteiger partial charge on any atom is 0.255 e. The number of carbonyl (C=O) groups is 3. The monoisotopic (exact) mass is 537 g/mol. The van der Waals surface area contributed by atoms with Crippen LogP contribution in [0, 0.1) is 11.8 Å². The van der Waals surface area contributed by atoms with Crippen molar-refractivity contribution in [2.24, 2.45) is 22.7 Å². The molecule has 1 amide bonds. The van der Waals surface area contributed by atoms with Crippen LogP contribution in [0.5, 0.6) is 5.75 Å². The number of aliphatic hydroxyl groups is 3. The van der Waals surface area contributed by atoms with Crippen LogP contribution >= 0.6 is 0 Å². The lowest BCUT2D eigenvalue weighted by Gasteiger charge is -2.50. The lowest BCUT2D eigenvalue weighted by Crippen LogP contribution is -2.63. The van der Waals surface area contributed by atoms with Crippen LogP contribution in [-0.4, -0.2) is 81.9 Å². The minimum atomic E-state index is -2.69. The molecule has 1 unspecified atom stereocenters. The van der Waals surface area contributed by atoms with E-state index in [0.717, 1.165) is 0 Å². The normalized spacial score (nSPS) is 26.6. The van der Waals surface area contributed by atoms with Gasteiger partial charge in [-0.05, 0) is 62.7 Å². The number of hydrogen-bond donors (Lipinski definition) is 5. The molecule has 3 aliphatic carbocycles. The largest absolute Gasteiger partial charge is 0.510 e. The number of fused-ring (bicyclic) bond motifs is 3. The first kappa shape index (κ1) is 26.2. The van der Waals surface area contributed by atoms with Gasteiger partial charge in [0.05, 0.1) is 11.6 Å². The summed E-state index contributed by atoms with van der Waals surface area (Å²) in [4.78, 5) is 45.4. The van der Waals surface area contributed by atoms with E-state index in [-0.39, 0.29) is 29.7 Å². The number of likely N-dealkylation sites (N-methyl/N-ethyl adjacent to an activating group) is 1. The molecule has 0 bridgehead atoms. The first-order valence-corrected chi connectivity index (χ1v) is 12.1. The minimum Gasteiger partial charge on any atom is -0.510 e. The van der Waals surface area contributed by atoms with Gasteiger partial charge in [-0.25, -0.2) is 0 Å². The van der Waals surface area contributed by atoms with E-state index in [0.29, 0.717) is 22.6 Å². The van der Waals surface area contributed by atoms with Gasteiger partial charge in [0.1, 0.15) is 47.7 Å². The Kier molecular flexibility index (Phi) is 6.11. The highest BCUT2D eigenvalue weighted by Gasteiger charge is 2.63. The second kappa shape index (κ2) is 9.10. The lowest BCUT2D eigenvalue weighted by molar-refractivity contribution is -0.148. The Balaban J connectivity index is 1.68. The molecule has 0 radical (unpaired) electrons. The van der Waals surface area contributed by atoms with Gasteiger partial charge in [0, 0.05) is 17.1 Å². The average Bonchev–Trinajstić information content (AvgIpc) is 3.33. The number of aliphatic hydroxyl groups excluding tert-OH is 2. The molecule has 1 aromatic heterocycles. The number of hydrogen-bond acceptors (Lipinski definition) is 11. The zero-order chi connectivity index (χ0) is 28.4. The van der Waals surface area contributed by atoms with E-state index in [9.17, 15) is 34.8 Å². The van der Waals surface area contributed by atoms with Crippen molar-refractivity contribution in [1.82, 2.24) is 4.90 Å². The summed E-state index contributed by atoms with van der Waals surface area (Å²) in [6, 6.07) is 5.18. The van der Waals surface area contributed by atoms with Crippen LogP contribution in [0.1, 0.15) is 28.1 Å². The molecule has 5 rings (SSSR count). The number of primary amides is 1. The number of benzene rings is 1. The summed E-state index contributed by atoms with van der Waals surface area (Å²) in [5.41, 5.74) is 2.47. The Labute approximate surface area is 222 Å². The van der Waals surface area contributed by atoms with Crippen molar-refractivity contribution in [3.63, 3.8) is 0 Å². The van der Waals surface area contributed by atoms with Crippen molar-refractivity contribution >= 4 is 23.7 Å². The van der Waals surface area contributed by atoms with Crippen molar-refractivity contribution in [3.05, 3.63) is 63.8 Å². The van der Waals surface area contributed by atoms with E-state index in [1.165, 1.54) is 24.3 Å². The number of furan rings is 1. The Morgan fingerprint density at radius 3 is 2.56 bits per heavy atom. The molecule has 204 valence electrons. The standard InChI is InChI=1S/C27H27N3O9/c1-30(2)21-15-9-11-8-14-13(17-7-4-12(39-17)10-29-38-3)5-6-16(31)19(14)22(32)18(11)24(34)27(15,37)25(35)20(23(21)33)26(28)36/h4-7,10-11,15,21,31,33-34,37H,8-9H2,1-3H3,(H2,28,36)/b29-10+/t11-,15-,21?,27+/m1/s1. The number of carbonyl (C=O) groups excluding carboxylic acids is 3. The van der Waals surface area contributed by atoms with Crippen LogP contribution in [0.3, 0.4) is 0 Å². The molecule has 0 aliphatic heterocycles. The van der Waals surface area contributed by atoms with E-state index in [1.807, 2.05) is 0 Å². The molecule has 2 aromatic rings. The summed E-state index contributed by atoms with van der Waals surface area (Å²) in [6.07, 6.45) is 1.50. The second-order valence-corrected chi connectivity index (χ2v) is 10.1. The van der Waals surface area contributed by atoms with E-state index in [2.05, 4.69) is 9.99 Å². The Bertz CT molecular complexity index is 1520. The smallest absolute Gasteiger partial charge is 0.255 e. The maximum absolute atomic E-state index is 13.8. The van der Waals surface area contributed by atoms with Crippen molar-refractivity contribution in [1.29, 1.82) is 0 Å². The molecule has 12 heteroatoms. The number of ketones is 2. The molecule has 39 heavy (non-hydrogen) atoms. The number of phenolic OH excluding ortho intramolecular Hbond substituents is 1. The number of amides is 1. The van der Waals surface area contributed by atoms with Crippen molar-refractivity contribution in [2.75, 3.05) is 21.2 Å². The third-order valence-corrected chi connectivity index (χ3v) is 7.78. The Morgan fingerprint density at radius 1 is 1.21 bits per heavy atom. The summed E-state index contributed by atoms with van der Waals surface area (Å²) in [6.45, 7) is 0. The van der Waals surface area contributed by atoms with E-state index < -0.39 is 58.0 Å². The fourth-order valence-electron chi connectivity index (χ4n) is 6.15. The number of phenols is 1. The summed E-state index contributed by atoms with van der Waals surface area (Å²) < 4.78 is 5.83. The van der Waals surface area contributed by atoms with Gasteiger partial charge < -0.3 is 35.4 Å². The SMILES string of the molecule is CO/N=C/c1ccc(-c2ccc(O)c3c2C[C@@H]2C[C@@H]4C(N(C)C)C(O)=C(C(N)=O)C(=O)[C@@]4(O)C(O)=C2C3=O)o1. The van der Waals surface area contributed by atoms with Crippen molar-refractivity contribution < 1.29 is 44.1 Å². The quantitative estimate of drug-likeness (QED) is 0.211. The molecule has 0 fully saturated rings. The second-order valence-electron chi connectivity index (χ2n) is 10.1. The Hall–Kier alpha value is -4.42. The van der Waals surface area contributed by atoms with Gasteiger partial charge in [0.25, 0.3) is 5.91 Å². The maximum atomic E-state index is 13.8. The highest BCUT2D eigenvalue weighted by molar-refractivity contribution is 6.24. The van der Waals surface area contributed by atoms with Gasteiger partial charge in [-0.2, -0.15) is 0 Å². The molecule has 0 saturated carbocycles. The zero-order valence-corrected chi connectivity index (χ0v) is 21.3. The van der Waals surface area contributed by atoms with Gasteiger partial charge in [-0.1, -0.05) is 5.16 Å². The van der Waals surface area contributed by atoms with Crippen LogP contribution in [-0.2, 0) is 20.8 Å². The van der Waals surface area contributed by atoms with Crippen LogP contribution < -0.4 is 5.73 Å². The number of oxime groups is 1. The van der Waals surface area contributed by atoms with Crippen LogP contribution in [0.15, 0.2) is 56.5 Å². The van der Waals surface area contributed by atoms with Gasteiger partial charge in [-0.3, -0.25) is 19.3 Å². The topological polar surface area (TPSA) is 196 Å². The lowest BCUT2D eigenvalue weighted by atomic mass is 9.58. The van der Waals surface area contributed by atoms with Gasteiger partial charge >= 0.3 is 0 Å². The number of rotatable bonds is 5. The van der Waals surface area contributed by atoms with Crippen LogP contribution in [0.2, 0.25) is 0 Å². The van der Waals surface area contributed by atoms with Crippen LogP contribution in [0.4, 0.5) is 0 Å². The highest BCUT2D eigenvalue weighted by atomic mass is 16.6. The molecule has 0 spiro atoms. The fourth-order valence-corrected chi connectivity index (χ4v) is 6.15. The summed E-state index contributed by atoms with van der Waals surface area (Å²) in [5, 5.41) is 48.2. The number of Topliss-reactive ketones (excluding diaryl/α,β-unsaturated/α-hetero) is 2. The predicted molar refractivity (Wildman–Crippen MR) is 136 cm³/mol. The molecule has 1 aromatic carbocycles. The average molecular weight is 538 g/mol. The highest BCUT2D eigenvalue weighted by Crippen LogP contribution is 2.53. The molecule has 12 nitrogen and oxygen atoms in total. The molecule has 6 N–H and O–H groups in total. The van der Waals surface area contributed by atoms with Crippen LogP contribution in [0.25, 0.3) is 11.3 Å². The molecule has 3 aliphatic rings. The third-order valence-electron chi connectivity index (χ3n) is 7.78. The molecular weight excluding hydrogens is 510 g/mol. The number of nitrogens with two attached hydrogens (primary N) is 1. The number of nitrogens with zero attached hydrogens (tertiary/aromatic N) is 2. The Morgan fingerprint density at radius 2 is 1.92 bits per heavy atom. The van der Waals surface area contributed by atoms with E-state index in [4.69, 9.17) is 10.2 Å². The van der Waals surface area contributed by atoms with Gasteiger partial charge in [-0.15, -0.1) is 0 Å². The minimum absolute atomic E-state index is 0.00917. The number of allylic oxidation sites excluding steroid dienone is 1. The fraction of sp³-hybridized carbons (Fsp3) is 0.333. The molecule has 0 saturated heterocycles. The first-order valence-electron chi connectivity index (χ1n) is 12.1. The summed E-state index contributed by atoms with van der Waals surface area (Å²) in [5.74, 6) is -6.23. The predicted octanol–water partition coefficient (Wildman–Crippen LogP) is 1.36. The van der Waals surface area contributed by atoms with E-state index >= 15 is 0 Å². The zero-order valence-electron chi connectivity index (χ0n) is 21.3. The summed E-state index contributed by atoms with van der Waals surface area (Å²) in [7, 11) is 4.54. The summed E-state index contributed by atoms with van der Waals surface area (Å²) >= 11 is 0. The first-order chi connectivity index (χ1) is 18.4. The third kappa shape index (κ3) is 3.67. The van der Waals surface area contributed by atoms with Crippen molar-refractivity contribution in [2.45, 2.75) is 24.5 Å². The molecular formula is C27H27N3O9. The molecule has 1 heterocycles. The van der Waals surface area contributed by atoms with Gasteiger partial charge in [0.15, 0.2) is 11.4 Å². The van der Waals surface area contributed by atoms with Gasteiger partial charge in [0.2, 0.25) is 5.78 Å². The molecule has 4 atom stereocenters. The number of aromatic hydroxyl groups is 1. The van der Waals surface area contributed by atoms with Crippen molar-refractivity contribution in [3.8, 4) is 17.1 Å².